The summed E-state index contributed by atoms with van der Waals surface area (Å²) in [6.45, 7) is -0.267. The van der Waals surface area contributed by atoms with E-state index in [4.69, 9.17) is 16.0 Å². The maximum Gasteiger partial charge on any atom is 0.291 e. The molecule has 2 aliphatic rings. The molecule has 9 heteroatoms. The highest BCUT2D eigenvalue weighted by Crippen LogP contribution is 2.53. The van der Waals surface area contributed by atoms with Gasteiger partial charge in [-0.1, -0.05) is 60.1 Å². The molecule has 1 unspecified atom stereocenters. The molecule has 0 saturated heterocycles. The van der Waals surface area contributed by atoms with Gasteiger partial charge in [-0.15, -0.1) is 0 Å². The zero-order valence-corrected chi connectivity index (χ0v) is 22.0. The molecule has 0 N–H and O–H groups in total. The van der Waals surface area contributed by atoms with Crippen molar-refractivity contribution >= 4 is 40.1 Å². The largest absolute Gasteiger partial charge is 0.450 e. The van der Waals surface area contributed by atoms with Crippen LogP contribution in [0.5, 0.6) is 0 Å². The van der Waals surface area contributed by atoms with Crippen molar-refractivity contribution in [2.24, 2.45) is 0 Å². The first kappa shape index (κ1) is 25.2. The van der Waals surface area contributed by atoms with Gasteiger partial charge in [0, 0.05) is 22.7 Å². The highest BCUT2D eigenvalue weighted by atomic mass is 35.5. The molecule has 1 spiro atoms. The smallest absolute Gasteiger partial charge is 0.291 e. The first-order valence-corrected chi connectivity index (χ1v) is 13.2. The molecule has 7 rings (SSSR count). The molecular formula is C32H19ClF2N2O4. The second-order valence-corrected chi connectivity index (χ2v) is 10.4. The minimum atomic E-state index is -1.92. The molecular weight excluding hydrogens is 550 g/mol. The number of carbonyl (C=O) groups is 2. The summed E-state index contributed by atoms with van der Waals surface area (Å²) < 4.78 is 34.5. The second kappa shape index (κ2) is 9.11. The van der Waals surface area contributed by atoms with E-state index in [1.165, 1.54) is 58.3 Å². The van der Waals surface area contributed by atoms with Crippen LogP contribution in [-0.4, -0.2) is 16.7 Å². The van der Waals surface area contributed by atoms with E-state index in [0.29, 0.717) is 16.8 Å². The average molecular weight is 569 g/mol. The molecule has 1 atom stereocenters. The molecule has 1 aromatic heterocycles. The lowest BCUT2D eigenvalue weighted by Gasteiger charge is -2.34. The Morgan fingerprint density at radius 3 is 2.34 bits per heavy atom. The fourth-order valence-electron chi connectivity index (χ4n) is 5.91. The summed E-state index contributed by atoms with van der Waals surface area (Å²) in [7, 11) is 0. The van der Waals surface area contributed by atoms with E-state index in [0.717, 1.165) is 0 Å². The summed E-state index contributed by atoms with van der Waals surface area (Å²) in [5, 5.41) is 0.399. The van der Waals surface area contributed by atoms with Gasteiger partial charge >= 0.3 is 0 Å². The number of amides is 2. The van der Waals surface area contributed by atoms with Crippen LogP contribution < -0.4 is 10.3 Å². The fraction of sp³-hybridized carbons (Fsp3) is 0.0938. The number of nitrogens with zero attached hydrogens (tertiary/aromatic N) is 2. The summed E-state index contributed by atoms with van der Waals surface area (Å²) in [4.78, 5) is 45.8. The summed E-state index contributed by atoms with van der Waals surface area (Å²) in [6.07, 6.45) is 0. The third kappa shape index (κ3) is 3.57. The lowest BCUT2D eigenvalue weighted by atomic mass is 9.83. The first-order chi connectivity index (χ1) is 19.8. The van der Waals surface area contributed by atoms with Gasteiger partial charge < -0.3 is 14.2 Å². The van der Waals surface area contributed by atoms with E-state index in [9.17, 15) is 23.2 Å². The molecule has 6 nitrogen and oxygen atoms in total. The van der Waals surface area contributed by atoms with Gasteiger partial charge in [-0.3, -0.25) is 14.4 Å². The molecule has 2 amide bonds. The van der Waals surface area contributed by atoms with Crippen LogP contribution >= 0.6 is 11.6 Å². The Morgan fingerprint density at radius 1 is 0.829 bits per heavy atom. The topological polar surface area (TPSA) is 70.8 Å². The summed E-state index contributed by atoms with van der Waals surface area (Å²) in [6, 6.07) is 22.9. The molecule has 2 aliphatic heterocycles. The molecule has 0 aliphatic carbocycles. The molecule has 0 saturated carbocycles. The van der Waals surface area contributed by atoms with Gasteiger partial charge in [0.1, 0.15) is 17.2 Å². The van der Waals surface area contributed by atoms with E-state index in [2.05, 4.69) is 0 Å². The van der Waals surface area contributed by atoms with Crippen molar-refractivity contribution in [3.05, 3.63) is 146 Å². The molecule has 3 heterocycles. The van der Waals surface area contributed by atoms with Gasteiger partial charge in [0.15, 0.2) is 11.0 Å². The van der Waals surface area contributed by atoms with Crippen molar-refractivity contribution in [2.75, 3.05) is 4.90 Å². The van der Waals surface area contributed by atoms with Crippen molar-refractivity contribution in [2.45, 2.75) is 18.6 Å². The van der Waals surface area contributed by atoms with Crippen molar-refractivity contribution in [1.29, 1.82) is 0 Å². The number of hydrogen-bond donors (Lipinski definition) is 0. The Labute approximate surface area is 237 Å². The maximum atomic E-state index is 14.8. The molecule has 0 radical (unpaired) electrons. The maximum absolute atomic E-state index is 14.8. The monoisotopic (exact) mass is 568 g/mol. The third-order valence-corrected chi connectivity index (χ3v) is 7.97. The second-order valence-electron chi connectivity index (χ2n) is 10.0. The van der Waals surface area contributed by atoms with E-state index in [-0.39, 0.29) is 46.0 Å². The Bertz CT molecular complexity index is 1970. The number of carbonyl (C=O) groups excluding carboxylic acids is 2. The third-order valence-electron chi connectivity index (χ3n) is 7.74. The average Bonchev–Trinajstić information content (AvgIpc) is 3.36. The Balaban J connectivity index is 1.52. The standard InChI is InChI=1S/C32H19ClF2N2O4/c33-20-11-14-26-22(15-20)28(38)27-29(41-26)30(39)37(16-18-9-12-21(34)13-10-18)32(27)23-6-2-4-8-25(23)36(31(32)40)17-19-5-1-3-7-24(19)35/h1-15H,16-17H2. The summed E-state index contributed by atoms with van der Waals surface area (Å²) in [5.41, 5.74) is -0.876. The van der Waals surface area contributed by atoms with Gasteiger partial charge in [-0.05, 0) is 48.0 Å². The van der Waals surface area contributed by atoms with Crippen molar-refractivity contribution in [1.82, 2.24) is 4.90 Å². The van der Waals surface area contributed by atoms with Crippen LogP contribution in [0.3, 0.4) is 0 Å². The number of hydrogen-bond acceptors (Lipinski definition) is 4. The number of anilines is 1. The highest BCUT2D eigenvalue weighted by molar-refractivity contribution is 6.31. The molecule has 0 fully saturated rings. The Hall–Kier alpha value is -4.82. The number of benzene rings is 4. The SMILES string of the molecule is O=C1c2oc3ccc(Cl)cc3c(=O)c2C2(C(=O)N(Cc3ccccc3F)c3ccccc32)N1Cc1ccc(F)cc1. The lowest BCUT2D eigenvalue weighted by molar-refractivity contribution is -0.126. The van der Waals surface area contributed by atoms with Crippen LogP contribution in [0.25, 0.3) is 11.0 Å². The van der Waals surface area contributed by atoms with Crippen LogP contribution in [0.4, 0.5) is 14.5 Å². The van der Waals surface area contributed by atoms with Crippen LogP contribution in [0.2, 0.25) is 5.02 Å². The fourth-order valence-corrected chi connectivity index (χ4v) is 6.08. The van der Waals surface area contributed by atoms with Crippen molar-refractivity contribution in [3.63, 3.8) is 0 Å². The predicted octanol–water partition coefficient (Wildman–Crippen LogP) is 6.17. The van der Waals surface area contributed by atoms with Crippen molar-refractivity contribution < 1.29 is 22.8 Å². The zero-order valence-electron chi connectivity index (χ0n) is 21.2. The number of halogens is 3. The van der Waals surface area contributed by atoms with Crippen LogP contribution in [-0.2, 0) is 23.4 Å². The molecule has 202 valence electrons. The number of rotatable bonds is 4. The summed E-state index contributed by atoms with van der Waals surface area (Å²) in [5.74, 6) is -2.50. The number of fused-ring (bicyclic) bond motifs is 5. The lowest BCUT2D eigenvalue weighted by Crippen LogP contribution is -2.53. The van der Waals surface area contributed by atoms with Gasteiger partial charge in [0.05, 0.1) is 23.2 Å². The normalized spacial score (nSPS) is 17.5. The minimum Gasteiger partial charge on any atom is -0.450 e. The molecule has 4 aromatic carbocycles. The van der Waals surface area contributed by atoms with E-state index in [1.54, 1.807) is 42.5 Å². The minimum absolute atomic E-state index is 0.116. The Kier molecular flexibility index (Phi) is 5.59. The molecule has 5 aromatic rings. The Morgan fingerprint density at radius 2 is 1.56 bits per heavy atom. The predicted molar refractivity (Wildman–Crippen MR) is 149 cm³/mol. The van der Waals surface area contributed by atoms with E-state index >= 15 is 0 Å². The first-order valence-electron chi connectivity index (χ1n) is 12.8. The van der Waals surface area contributed by atoms with Gasteiger partial charge in [-0.2, -0.15) is 0 Å². The zero-order chi connectivity index (χ0) is 28.5. The molecule has 0 bridgehead atoms. The van der Waals surface area contributed by atoms with E-state index in [1.807, 2.05) is 0 Å². The van der Waals surface area contributed by atoms with Crippen molar-refractivity contribution in [3.8, 4) is 0 Å². The van der Waals surface area contributed by atoms with Gasteiger partial charge in [0.25, 0.3) is 11.8 Å². The molecule has 41 heavy (non-hydrogen) atoms. The van der Waals surface area contributed by atoms with Crippen LogP contribution in [0.1, 0.15) is 32.8 Å². The van der Waals surface area contributed by atoms with Gasteiger partial charge in [-0.25, -0.2) is 8.78 Å². The van der Waals surface area contributed by atoms with E-state index < -0.39 is 34.4 Å². The highest BCUT2D eigenvalue weighted by Gasteiger charge is 2.65. The quantitative estimate of drug-likeness (QED) is 0.260. The summed E-state index contributed by atoms with van der Waals surface area (Å²) >= 11 is 6.21. The van der Waals surface area contributed by atoms with Crippen LogP contribution in [0.15, 0.2) is 100 Å². The van der Waals surface area contributed by atoms with Gasteiger partial charge in [0.2, 0.25) is 5.76 Å². The number of para-hydroxylation sites is 1. The van der Waals surface area contributed by atoms with Crippen LogP contribution in [0, 0.1) is 11.6 Å².